The van der Waals surface area contributed by atoms with Crippen molar-refractivity contribution in [3.63, 3.8) is 0 Å². The minimum absolute atomic E-state index is 0.211. The fourth-order valence-corrected chi connectivity index (χ4v) is 3.78. The van der Waals surface area contributed by atoms with Crippen molar-refractivity contribution < 1.29 is 19.1 Å². The fourth-order valence-electron chi connectivity index (χ4n) is 3.52. The molecule has 0 aliphatic carbocycles. The number of nitrogens with zero attached hydrogens (tertiary/aromatic N) is 1. The Morgan fingerprint density at radius 2 is 1.63 bits per heavy atom. The van der Waals surface area contributed by atoms with Gasteiger partial charge in [-0.2, -0.15) is 0 Å². The van der Waals surface area contributed by atoms with Gasteiger partial charge >= 0.3 is 11.9 Å². The summed E-state index contributed by atoms with van der Waals surface area (Å²) in [6.45, 7) is 4.13. The summed E-state index contributed by atoms with van der Waals surface area (Å²) in [4.78, 5) is 26.3. The maximum Gasteiger partial charge on any atom is 0.338 e. The molecule has 30 heavy (non-hydrogen) atoms. The molecule has 0 spiro atoms. The Labute approximate surface area is 182 Å². The van der Waals surface area contributed by atoms with Gasteiger partial charge in [-0.1, -0.05) is 29.8 Å². The molecule has 0 saturated carbocycles. The minimum Gasteiger partial charge on any atom is -0.465 e. The van der Waals surface area contributed by atoms with Crippen molar-refractivity contribution in [2.75, 3.05) is 27.3 Å². The van der Waals surface area contributed by atoms with Crippen molar-refractivity contribution in [3.8, 4) is 0 Å². The number of aryl methyl sites for hydroxylation is 1. The topological polar surface area (TPSA) is 67.9 Å². The molecule has 0 unspecified atom stereocenters. The number of esters is 2. The normalized spacial score (nSPS) is 12.7. The van der Waals surface area contributed by atoms with Gasteiger partial charge in [-0.15, -0.1) is 0 Å². The van der Waals surface area contributed by atoms with Crippen LogP contribution in [0.2, 0.25) is 0 Å². The largest absolute Gasteiger partial charge is 0.465 e. The van der Waals surface area contributed by atoms with Gasteiger partial charge in [0.25, 0.3) is 0 Å². The lowest BCUT2D eigenvalue weighted by Crippen LogP contribution is -2.43. The first-order chi connectivity index (χ1) is 14.4. The van der Waals surface area contributed by atoms with Crippen LogP contribution in [0.5, 0.6) is 0 Å². The highest BCUT2D eigenvalue weighted by atomic mass is 32.1. The number of benzene rings is 2. The highest BCUT2D eigenvalue weighted by molar-refractivity contribution is 7.80. The predicted octanol–water partition coefficient (Wildman–Crippen LogP) is 3.04. The Balaban J connectivity index is 1.67. The Bertz CT molecular complexity index is 956. The monoisotopic (exact) mass is 426 g/mol. The van der Waals surface area contributed by atoms with E-state index >= 15 is 0 Å². The highest BCUT2D eigenvalue weighted by Crippen LogP contribution is 2.25. The van der Waals surface area contributed by atoms with Gasteiger partial charge in [0, 0.05) is 19.6 Å². The van der Waals surface area contributed by atoms with E-state index < -0.39 is 11.9 Å². The summed E-state index contributed by atoms with van der Waals surface area (Å²) in [5.41, 5.74) is 4.92. The predicted molar refractivity (Wildman–Crippen MR) is 119 cm³/mol. The fraction of sp³-hybridized carbons (Fsp3) is 0.348. The van der Waals surface area contributed by atoms with Crippen LogP contribution in [0.15, 0.2) is 36.4 Å². The number of fused-ring (bicyclic) bond motifs is 1. The zero-order chi connectivity index (χ0) is 21.7. The summed E-state index contributed by atoms with van der Waals surface area (Å²) in [5.74, 6) is -1.11. The van der Waals surface area contributed by atoms with Crippen LogP contribution in [0, 0.1) is 6.92 Å². The Hall–Kier alpha value is -2.93. The third kappa shape index (κ3) is 4.97. The van der Waals surface area contributed by atoms with Gasteiger partial charge in [0.2, 0.25) is 0 Å². The second kappa shape index (κ2) is 9.71. The summed E-state index contributed by atoms with van der Waals surface area (Å²) in [6.07, 6.45) is 1.61. The van der Waals surface area contributed by atoms with E-state index in [0.717, 1.165) is 37.1 Å². The number of carbonyl (C=O) groups is 2. The van der Waals surface area contributed by atoms with Gasteiger partial charge in [0.15, 0.2) is 5.11 Å². The number of nitrogens with one attached hydrogen (secondary N) is 1. The van der Waals surface area contributed by atoms with E-state index in [1.807, 2.05) is 0 Å². The number of methoxy groups -OCH3 is 2. The van der Waals surface area contributed by atoms with E-state index in [0.29, 0.717) is 11.7 Å². The van der Waals surface area contributed by atoms with E-state index in [4.69, 9.17) is 21.7 Å². The number of carbonyl (C=O) groups excluding carboxylic acids is 2. The summed E-state index contributed by atoms with van der Waals surface area (Å²) >= 11 is 5.58. The average molecular weight is 427 g/mol. The Kier molecular flexibility index (Phi) is 7.05. The minimum atomic E-state index is -0.561. The molecule has 3 rings (SSSR count). The SMILES string of the molecule is COC(=O)c1cc2c(cc1C(=O)OC)CN(C(=S)NCCc1ccc(C)cc1)CC2. The first-order valence-electron chi connectivity index (χ1n) is 9.83. The lowest BCUT2D eigenvalue weighted by molar-refractivity contribution is 0.0555. The maximum absolute atomic E-state index is 12.2. The van der Waals surface area contributed by atoms with Crippen LogP contribution in [0.4, 0.5) is 0 Å². The second-order valence-corrected chi connectivity index (χ2v) is 7.68. The molecule has 1 N–H and O–H groups in total. The number of hydrogen-bond donors (Lipinski definition) is 1. The standard InChI is InChI=1S/C23H26N2O4S/c1-15-4-6-16(7-5-15)8-10-24-23(30)25-11-9-17-12-19(21(26)28-2)20(22(27)29-3)13-18(17)14-25/h4-7,12-13H,8-11,14H2,1-3H3,(H,24,30). The molecule has 0 aromatic heterocycles. The number of rotatable bonds is 5. The first kappa shape index (κ1) is 21.8. The van der Waals surface area contributed by atoms with Gasteiger partial charge in [-0.25, -0.2) is 9.59 Å². The van der Waals surface area contributed by atoms with Crippen molar-refractivity contribution in [2.24, 2.45) is 0 Å². The summed E-state index contributed by atoms with van der Waals surface area (Å²) in [6, 6.07) is 11.9. The number of ether oxygens (including phenoxy) is 2. The van der Waals surface area contributed by atoms with Crippen molar-refractivity contribution in [2.45, 2.75) is 26.3 Å². The summed E-state index contributed by atoms with van der Waals surface area (Å²) < 4.78 is 9.66. The highest BCUT2D eigenvalue weighted by Gasteiger charge is 2.25. The number of hydrogen-bond acceptors (Lipinski definition) is 5. The van der Waals surface area contributed by atoms with Crippen LogP contribution < -0.4 is 5.32 Å². The molecule has 0 amide bonds. The molecule has 158 valence electrons. The van der Waals surface area contributed by atoms with E-state index in [-0.39, 0.29) is 11.1 Å². The second-order valence-electron chi connectivity index (χ2n) is 7.29. The molecule has 0 atom stereocenters. The third-order valence-electron chi connectivity index (χ3n) is 5.26. The molecule has 6 nitrogen and oxygen atoms in total. The summed E-state index contributed by atoms with van der Waals surface area (Å²) in [5, 5.41) is 4.01. The van der Waals surface area contributed by atoms with Crippen LogP contribution in [0.25, 0.3) is 0 Å². The zero-order valence-corrected chi connectivity index (χ0v) is 18.3. The summed E-state index contributed by atoms with van der Waals surface area (Å²) in [7, 11) is 2.59. The van der Waals surface area contributed by atoms with E-state index in [2.05, 4.69) is 41.4 Å². The van der Waals surface area contributed by atoms with Gasteiger partial charge < -0.3 is 19.7 Å². The van der Waals surface area contributed by atoms with Crippen LogP contribution in [0.1, 0.15) is 43.0 Å². The quantitative estimate of drug-likeness (QED) is 0.582. The van der Waals surface area contributed by atoms with Crippen LogP contribution in [-0.4, -0.2) is 49.3 Å². The van der Waals surface area contributed by atoms with Crippen molar-refractivity contribution in [3.05, 3.63) is 69.8 Å². The molecule has 0 bridgehead atoms. The molecule has 7 heteroatoms. The van der Waals surface area contributed by atoms with E-state index in [1.54, 1.807) is 12.1 Å². The lowest BCUT2D eigenvalue weighted by atomic mass is 9.93. The molecule has 1 aliphatic heterocycles. The van der Waals surface area contributed by atoms with Gasteiger partial charge in [0.1, 0.15) is 0 Å². The molecular weight excluding hydrogens is 400 g/mol. The van der Waals surface area contributed by atoms with E-state index in [1.165, 1.54) is 25.3 Å². The molecule has 1 heterocycles. The molecule has 2 aromatic rings. The van der Waals surface area contributed by atoms with Crippen molar-refractivity contribution in [1.29, 1.82) is 0 Å². The van der Waals surface area contributed by atoms with Gasteiger partial charge in [-0.3, -0.25) is 0 Å². The Morgan fingerprint density at radius 3 is 2.23 bits per heavy atom. The van der Waals surface area contributed by atoms with Crippen LogP contribution in [0.3, 0.4) is 0 Å². The average Bonchev–Trinajstić information content (AvgIpc) is 2.77. The zero-order valence-electron chi connectivity index (χ0n) is 17.5. The van der Waals surface area contributed by atoms with Gasteiger partial charge in [-0.05, 0) is 60.8 Å². The number of thiocarbonyl (C=S) groups is 1. The smallest absolute Gasteiger partial charge is 0.338 e. The van der Waals surface area contributed by atoms with Gasteiger partial charge in [0.05, 0.1) is 25.3 Å². The molecule has 0 fully saturated rings. The van der Waals surface area contributed by atoms with Crippen molar-refractivity contribution >= 4 is 29.3 Å². The lowest BCUT2D eigenvalue weighted by Gasteiger charge is -2.31. The molecule has 2 aromatic carbocycles. The Morgan fingerprint density at radius 1 is 1.03 bits per heavy atom. The van der Waals surface area contributed by atoms with E-state index in [9.17, 15) is 9.59 Å². The molecule has 0 radical (unpaired) electrons. The molecule has 0 saturated heterocycles. The van der Waals surface area contributed by atoms with Crippen molar-refractivity contribution in [1.82, 2.24) is 10.2 Å². The third-order valence-corrected chi connectivity index (χ3v) is 5.66. The van der Waals surface area contributed by atoms with Crippen LogP contribution >= 0.6 is 12.2 Å². The first-order valence-corrected chi connectivity index (χ1v) is 10.2. The maximum atomic E-state index is 12.2. The molecule has 1 aliphatic rings. The molecular formula is C23H26N2O4S. The van der Waals surface area contributed by atoms with Crippen LogP contribution in [-0.2, 0) is 28.9 Å².